The molecule has 0 heterocycles. The average Bonchev–Trinajstić information content (AvgIpc) is 2.35. The van der Waals surface area contributed by atoms with Crippen LogP contribution in [0.5, 0.6) is 0 Å². The van der Waals surface area contributed by atoms with Gasteiger partial charge in [0.15, 0.2) is 0 Å². The smallest absolute Gasteiger partial charge is 0.243 e. The summed E-state index contributed by atoms with van der Waals surface area (Å²) in [6, 6.07) is 8.69. The number of anilines is 1. The number of nitrogens with zero attached hydrogens (tertiary/aromatic N) is 1. The van der Waals surface area contributed by atoms with Crippen LogP contribution in [0, 0.1) is 16.7 Å². The van der Waals surface area contributed by atoms with Gasteiger partial charge < -0.3 is 10.6 Å². The maximum atomic E-state index is 11.7. The van der Waals surface area contributed by atoms with E-state index in [4.69, 9.17) is 5.26 Å². The van der Waals surface area contributed by atoms with Gasteiger partial charge in [-0.1, -0.05) is 32.9 Å². The molecule has 1 rings (SSSR count). The summed E-state index contributed by atoms with van der Waals surface area (Å²) < 4.78 is 0. The maximum absolute atomic E-state index is 11.7. The third kappa shape index (κ3) is 4.43. The number of nitrogens with one attached hydrogen (secondary N) is 2. The van der Waals surface area contributed by atoms with Crippen molar-refractivity contribution in [1.82, 2.24) is 5.32 Å². The molecule has 0 saturated heterocycles. The first-order valence-electron chi connectivity index (χ1n) is 5.92. The first-order chi connectivity index (χ1) is 8.84. The predicted molar refractivity (Wildman–Crippen MR) is 72.3 cm³/mol. The van der Waals surface area contributed by atoms with Gasteiger partial charge in [0.1, 0.15) is 6.07 Å². The number of carbonyl (C=O) groups is 2. The molecule has 0 aromatic heterocycles. The molecule has 0 aliphatic carbocycles. The van der Waals surface area contributed by atoms with Crippen LogP contribution in [-0.2, 0) is 9.59 Å². The highest BCUT2D eigenvalue weighted by Crippen LogP contribution is 2.14. The number of para-hydroxylation sites is 1. The zero-order chi connectivity index (χ0) is 14.5. The van der Waals surface area contributed by atoms with Crippen molar-refractivity contribution in [2.45, 2.75) is 20.8 Å². The minimum atomic E-state index is -0.537. The molecule has 100 valence electrons. The standard InChI is InChI=1S/C14H17N3O2/c1-14(2,3)13(19)16-9-12(18)17-11-7-5-4-6-10(11)8-15/h4-7H,9H2,1-3H3,(H,16,19)(H,17,18). The van der Waals surface area contributed by atoms with Crippen molar-refractivity contribution in [2.24, 2.45) is 5.41 Å². The number of benzene rings is 1. The van der Waals surface area contributed by atoms with Crippen molar-refractivity contribution in [3.63, 3.8) is 0 Å². The van der Waals surface area contributed by atoms with E-state index >= 15 is 0 Å². The van der Waals surface area contributed by atoms with Crippen LogP contribution in [-0.4, -0.2) is 18.4 Å². The lowest BCUT2D eigenvalue weighted by atomic mass is 9.96. The SMILES string of the molecule is CC(C)(C)C(=O)NCC(=O)Nc1ccccc1C#N. The third-order valence-corrected chi connectivity index (χ3v) is 2.41. The van der Waals surface area contributed by atoms with Crippen LogP contribution in [0.15, 0.2) is 24.3 Å². The van der Waals surface area contributed by atoms with E-state index in [9.17, 15) is 9.59 Å². The average molecular weight is 259 g/mol. The van der Waals surface area contributed by atoms with E-state index in [1.807, 2.05) is 6.07 Å². The van der Waals surface area contributed by atoms with Gasteiger partial charge in [0.05, 0.1) is 17.8 Å². The Kier molecular flexibility index (Phi) is 4.65. The predicted octanol–water partition coefficient (Wildman–Crippen LogP) is 1.66. The quantitative estimate of drug-likeness (QED) is 0.866. The molecule has 0 unspecified atom stereocenters. The molecule has 5 nitrogen and oxygen atoms in total. The second-order valence-corrected chi connectivity index (χ2v) is 5.14. The van der Waals surface area contributed by atoms with E-state index in [-0.39, 0.29) is 18.4 Å². The van der Waals surface area contributed by atoms with Gasteiger partial charge in [-0.05, 0) is 12.1 Å². The van der Waals surface area contributed by atoms with Crippen molar-refractivity contribution in [3.8, 4) is 6.07 Å². The summed E-state index contributed by atoms with van der Waals surface area (Å²) in [5.41, 5.74) is 0.295. The van der Waals surface area contributed by atoms with E-state index in [2.05, 4.69) is 10.6 Å². The fourth-order valence-electron chi connectivity index (χ4n) is 1.31. The molecular weight excluding hydrogens is 242 g/mol. The van der Waals surface area contributed by atoms with Crippen LogP contribution in [0.2, 0.25) is 0 Å². The summed E-state index contributed by atoms with van der Waals surface area (Å²) in [6.45, 7) is 5.19. The van der Waals surface area contributed by atoms with Crippen molar-refractivity contribution in [2.75, 3.05) is 11.9 Å². The lowest BCUT2D eigenvalue weighted by Crippen LogP contribution is -2.39. The topological polar surface area (TPSA) is 82.0 Å². The van der Waals surface area contributed by atoms with Gasteiger partial charge in [-0.3, -0.25) is 9.59 Å². The first kappa shape index (κ1) is 14.7. The molecule has 1 aromatic rings. The fraction of sp³-hybridized carbons (Fsp3) is 0.357. The van der Waals surface area contributed by atoms with Gasteiger partial charge >= 0.3 is 0 Å². The molecule has 1 aromatic carbocycles. The molecule has 0 atom stereocenters. The summed E-state index contributed by atoms with van der Waals surface area (Å²) >= 11 is 0. The summed E-state index contributed by atoms with van der Waals surface area (Å²) in [4.78, 5) is 23.3. The number of carbonyl (C=O) groups excluding carboxylic acids is 2. The molecule has 0 fully saturated rings. The third-order valence-electron chi connectivity index (χ3n) is 2.41. The normalized spacial score (nSPS) is 10.4. The Morgan fingerprint density at radius 3 is 2.47 bits per heavy atom. The van der Waals surface area contributed by atoms with Gasteiger partial charge in [-0.25, -0.2) is 0 Å². The highest BCUT2D eigenvalue weighted by Gasteiger charge is 2.21. The van der Waals surface area contributed by atoms with Crippen molar-refractivity contribution < 1.29 is 9.59 Å². The molecule has 0 radical (unpaired) electrons. The highest BCUT2D eigenvalue weighted by atomic mass is 16.2. The zero-order valence-corrected chi connectivity index (χ0v) is 11.3. The Labute approximate surface area is 112 Å². The number of hydrogen-bond donors (Lipinski definition) is 2. The van der Waals surface area contributed by atoms with Crippen molar-refractivity contribution in [1.29, 1.82) is 5.26 Å². The van der Waals surface area contributed by atoms with Gasteiger partial charge in [-0.15, -0.1) is 0 Å². The molecule has 19 heavy (non-hydrogen) atoms. The lowest BCUT2D eigenvalue weighted by Gasteiger charge is -2.17. The largest absolute Gasteiger partial charge is 0.347 e. The molecule has 2 amide bonds. The van der Waals surface area contributed by atoms with E-state index in [1.54, 1.807) is 45.0 Å². The molecular formula is C14H17N3O2. The van der Waals surface area contributed by atoms with Crippen LogP contribution < -0.4 is 10.6 Å². The molecule has 0 saturated carbocycles. The van der Waals surface area contributed by atoms with Crippen LogP contribution in [0.3, 0.4) is 0 Å². The summed E-state index contributed by atoms with van der Waals surface area (Å²) in [5, 5.41) is 14.0. The maximum Gasteiger partial charge on any atom is 0.243 e. The summed E-state index contributed by atoms with van der Waals surface area (Å²) in [7, 11) is 0. The molecule has 2 N–H and O–H groups in total. The Balaban J connectivity index is 2.58. The fourth-order valence-corrected chi connectivity index (χ4v) is 1.31. The first-order valence-corrected chi connectivity index (χ1v) is 5.92. The monoisotopic (exact) mass is 259 g/mol. The van der Waals surface area contributed by atoms with Gasteiger partial charge in [0, 0.05) is 5.41 Å². The second kappa shape index (κ2) is 6.01. The Morgan fingerprint density at radius 1 is 1.26 bits per heavy atom. The number of hydrogen-bond acceptors (Lipinski definition) is 3. The Morgan fingerprint density at radius 2 is 1.89 bits per heavy atom. The van der Waals surface area contributed by atoms with Crippen LogP contribution in [0.1, 0.15) is 26.3 Å². The number of amides is 2. The Hall–Kier alpha value is -2.35. The van der Waals surface area contributed by atoms with E-state index < -0.39 is 5.41 Å². The minimum Gasteiger partial charge on any atom is -0.347 e. The number of nitriles is 1. The molecule has 0 spiro atoms. The lowest BCUT2D eigenvalue weighted by molar-refractivity contribution is -0.130. The van der Waals surface area contributed by atoms with Gasteiger partial charge in [-0.2, -0.15) is 5.26 Å². The van der Waals surface area contributed by atoms with Crippen molar-refractivity contribution >= 4 is 17.5 Å². The summed E-state index contributed by atoms with van der Waals surface area (Å²) in [6.07, 6.45) is 0. The number of rotatable bonds is 3. The van der Waals surface area contributed by atoms with Crippen LogP contribution >= 0.6 is 0 Å². The molecule has 0 aliphatic heterocycles. The Bertz CT molecular complexity index is 524. The molecule has 5 heteroatoms. The highest BCUT2D eigenvalue weighted by molar-refractivity contribution is 5.96. The second-order valence-electron chi connectivity index (χ2n) is 5.14. The van der Waals surface area contributed by atoms with Crippen molar-refractivity contribution in [3.05, 3.63) is 29.8 Å². The zero-order valence-electron chi connectivity index (χ0n) is 11.3. The van der Waals surface area contributed by atoms with Gasteiger partial charge in [0.2, 0.25) is 11.8 Å². The van der Waals surface area contributed by atoms with E-state index in [1.165, 1.54) is 0 Å². The van der Waals surface area contributed by atoms with E-state index in [0.717, 1.165) is 0 Å². The minimum absolute atomic E-state index is 0.115. The van der Waals surface area contributed by atoms with Crippen LogP contribution in [0.4, 0.5) is 5.69 Å². The van der Waals surface area contributed by atoms with Gasteiger partial charge in [0.25, 0.3) is 0 Å². The molecule has 0 bridgehead atoms. The van der Waals surface area contributed by atoms with Crippen LogP contribution in [0.25, 0.3) is 0 Å². The summed E-state index contributed by atoms with van der Waals surface area (Å²) in [5.74, 6) is -0.559. The molecule has 0 aliphatic rings. The van der Waals surface area contributed by atoms with E-state index in [0.29, 0.717) is 11.3 Å².